The first kappa shape index (κ1) is 21.9. The lowest BCUT2D eigenvalue weighted by atomic mass is 9.91. The van der Waals surface area contributed by atoms with Gasteiger partial charge in [-0.3, -0.25) is 14.8 Å². The van der Waals surface area contributed by atoms with Crippen LogP contribution in [0.5, 0.6) is 5.88 Å². The van der Waals surface area contributed by atoms with Crippen molar-refractivity contribution in [3.05, 3.63) is 39.1 Å². The van der Waals surface area contributed by atoms with Gasteiger partial charge < -0.3 is 20.7 Å². The number of hydrogen-bond acceptors (Lipinski definition) is 7. The monoisotopic (exact) mass is 478 g/mol. The summed E-state index contributed by atoms with van der Waals surface area (Å²) in [6.07, 6.45) is 10.2. The van der Waals surface area contributed by atoms with Crippen LogP contribution in [0.25, 0.3) is 11.7 Å². The number of H-pyrrole nitrogens is 2. The highest BCUT2D eigenvalue weighted by Crippen LogP contribution is 2.38. The topological polar surface area (TPSA) is 153 Å². The quantitative estimate of drug-likeness (QED) is 0.349. The molecule has 3 fully saturated rings. The number of aromatic nitrogens is 5. The molecule has 3 aliphatic rings. The molecular weight excluding hydrogens is 448 g/mol. The summed E-state index contributed by atoms with van der Waals surface area (Å²) in [6.45, 7) is 2.13. The number of aromatic amines is 2. The zero-order valence-electron chi connectivity index (χ0n) is 19.6. The number of nitrogens with one attached hydrogen (secondary N) is 4. The lowest BCUT2D eigenvalue weighted by Gasteiger charge is -2.30. The van der Waals surface area contributed by atoms with E-state index in [1.165, 1.54) is 0 Å². The molecule has 3 heterocycles. The van der Waals surface area contributed by atoms with Gasteiger partial charge in [0.05, 0.1) is 12.2 Å². The molecule has 184 valence electrons. The third-order valence-corrected chi connectivity index (χ3v) is 7.25. The van der Waals surface area contributed by atoms with Crippen LogP contribution in [-0.2, 0) is 4.79 Å². The Morgan fingerprint density at radius 1 is 1.20 bits per heavy atom. The van der Waals surface area contributed by atoms with E-state index in [4.69, 9.17) is 9.98 Å². The van der Waals surface area contributed by atoms with Crippen molar-refractivity contribution in [1.82, 2.24) is 29.9 Å². The van der Waals surface area contributed by atoms with Crippen molar-refractivity contribution in [2.45, 2.75) is 70.0 Å². The van der Waals surface area contributed by atoms with E-state index in [0.717, 1.165) is 56.3 Å². The van der Waals surface area contributed by atoms with Crippen LogP contribution >= 0.6 is 0 Å². The number of nitrogens with zero attached hydrogens (tertiary/aromatic N) is 4. The highest BCUT2D eigenvalue weighted by Gasteiger charge is 2.40. The maximum absolute atomic E-state index is 12.3. The first-order chi connectivity index (χ1) is 16.9. The summed E-state index contributed by atoms with van der Waals surface area (Å²) in [5, 5.41) is 21.9. The molecule has 35 heavy (non-hydrogen) atoms. The Balaban J connectivity index is 1.24. The molecular formula is C24H30N8O3. The summed E-state index contributed by atoms with van der Waals surface area (Å²) in [4.78, 5) is 38.3. The number of anilines is 1. The highest BCUT2D eigenvalue weighted by molar-refractivity contribution is 5.81. The predicted octanol–water partition coefficient (Wildman–Crippen LogP) is 0.557. The molecule has 1 amide bonds. The third-order valence-electron chi connectivity index (χ3n) is 7.25. The fraction of sp³-hybridized carbons (Fsp3) is 0.542. The van der Waals surface area contributed by atoms with Gasteiger partial charge in [-0.1, -0.05) is 6.92 Å². The van der Waals surface area contributed by atoms with Crippen molar-refractivity contribution in [1.29, 1.82) is 0 Å². The largest absolute Gasteiger partial charge is 0.493 e. The summed E-state index contributed by atoms with van der Waals surface area (Å²) in [7, 11) is 0. The Morgan fingerprint density at radius 3 is 2.60 bits per heavy atom. The van der Waals surface area contributed by atoms with Crippen LogP contribution in [0.4, 0.5) is 5.82 Å². The van der Waals surface area contributed by atoms with Gasteiger partial charge in [-0.05, 0) is 56.9 Å². The van der Waals surface area contributed by atoms with Crippen molar-refractivity contribution >= 4 is 23.4 Å². The van der Waals surface area contributed by atoms with Gasteiger partial charge in [-0.15, -0.1) is 0 Å². The lowest BCUT2D eigenvalue weighted by Crippen LogP contribution is -2.41. The molecule has 0 saturated heterocycles. The summed E-state index contributed by atoms with van der Waals surface area (Å²) in [6, 6.07) is 2.74. The SMILES string of the molecule is CC1CC1C(=O)NC1CCC(Nc2cc(=NC3CC3)n3nc/c(=C\c4[nH]c(=O)[nH]c4O)c3n2)CC1. The third kappa shape index (κ3) is 4.67. The summed E-state index contributed by atoms with van der Waals surface area (Å²) in [5.41, 5.74) is 1.11. The Morgan fingerprint density at radius 2 is 1.94 bits per heavy atom. The fourth-order valence-electron chi connectivity index (χ4n) is 4.86. The molecule has 2 unspecified atom stereocenters. The normalized spacial score (nSPS) is 27.3. The number of amides is 1. The second-order valence-corrected chi connectivity index (χ2v) is 10.2. The Hall–Kier alpha value is -3.63. The molecule has 11 heteroatoms. The van der Waals surface area contributed by atoms with Gasteiger partial charge in [0, 0.05) is 29.3 Å². The average Bonchev–Trinajstić information content (AvgIpc) is 3.72. The second kappa shape index (κ2) is 8.54. The van der Waals surface area contributed by atoms with Crippen LogP contribution in [0.3, 0.4) is 0 Å². The molecule has 3 saturated carbocycles. The fourth-order valence-corrected chi connectivity index (χ4v) is 4.86. The van der Waals surface area contributed by atoms with Crippen LogP contribution in [-0.4, -0.2) is 53.7 Å². The standard InChI is InChI=1S/C24H30N8O3/c1-12-8-17(12)22(33)28-16-6-2-14(3-7-16)26-19-10-20(27-15-4-5-15)32-21(30-19)13(11-25-32)9-18-23(34)31-24(35)29-18/h9-12,14-17,26,34H,2-8H2,1H3,(H,28,33)(H2,29,31,35)/b13-9+,27-20?. The van der Waals surface area contributed by atoms with E-state index in [0.29, 0.717) is 22.8 Å². The van der Waals surface area contributed by atoms with Gasteiger partial charge in [-0.25, -0.2) is 9.78 Å². The Labute approximate surface area is 200 Å². The van der Waals surface area contributed by atoms with Crippen molar-refractivity contribution in [3.63, 3.8) is 0 Å². The maximum atomic E-state index is 12.3. The predicted molar refractivity (Wildman–Crippen MR) is 129 cm³/mol. The van der Waals surface area contributed by atoms with Crippen molar-refractivity contribution in [2.75, 3.05) is 5.32 Å². The minimum absolute atomic E-state index is 0.211. The van der Waals surface area contributed by atoms with E-state index >= 15 is 0 Å². The highest BCUT2D eigenvalue weighted by atomic mass is 16.3. The first-order valence-corrected chi connectivity index (χ1v) is 12.5. The van der Waals surface area contributed by atoms with Gasteiger partial charge in [-0.2, -0.15) is 9.61 Å². The number of carbonyl (C=O) groups is 1. The van der Waals surface area contributed by atoms with Gasteiger partial charge >= 0.3 is 5.69 Å². The number of fused-ring (bicyclic) bond motifs is 1. The van der Waals surface area contributed by atoms with Crippen LogP contribution in [0.1, 0.15) is 57.6 Å². The molecule has 11 nitrogen and oxygen atoms in total. The number of aromatic hydroxyl groups is 1. The van der Waals surface area contributed by atoms with Gasteiger partial charge in [0.2, 0.25) is 11.8 Å². The minimum atomic E-state index is -0.483. The van der Waals surface area contributed by atoms with E-state index in [-0.39, 0.29) is 35.5 Å². The molecule has 0 aliphatic heterocycles. The van der Waals surface area contributed by atoms with Crippen LogP contribution in [0.15, 0.2) is 22.1 Å². The Bertz CT molecular complexity index is 1440. The van der Waals surface area contributed by atoms with Crippen LogP contribution in [0.2, 0.25) is 0 Å². The lowest BCUT2D eigenvalue weighted by molar-refractivity contribution is -0.123. The minimum Gasteiger partial charge on any atom is -0.493 e. The molecule has 0 bridgehead atoms. The molecule has 0 radical (unpaired) electrons. The molecule has 3 aromatic rings. The summed E-state index contributed by atoms with van der Waals surface area (Å²) < 4.78 is 1.70. The number of rotatable bonds is 6. The summed E-state index contributed by atoms with van der Waals surface area (Å²) >= 11 is 0. The molecule has 0 aromatic carbocycles. The molecule has 0 spiro atoms. The van der Waals surface area contributed by atoms with Crippen LogP contribution in [0, 0.1) is 11.8 Å². The van der Waals surface area contributed by atoms with E-state index in [9.17, 15) is 14.7 Å². The Kier molecular flexibility index (Phi) is 5.34. The molecule has 6 rings (SSSR count). The summed E-state index contributed by atoms with van der Waals surface area (Å²) in [5.74, 6) is 1.44. The molecule has 3 aromatic heterocycles. The van der Waals surface area contributed by atoms with E-state index < -0.39 is 5.69 Å². The van der Waals surface area contributed by atoms with Crippen molar-refractivity contribution < 1.29 is 9.90 Å². The van der Waals surface area contributed by atoms with E-state index in [1.54, 1.807) is 16.8 Å². The molecule has 3 aliphatic carbocycles. The van der Waals surface area contributed by atoms with E-state index in [2.05, 4.69) is 32.6 Å². The van der Waals surface area contributed by atoms with Crippen molar-refractivity contribution in [3.8, 4) is 5.88 Å². The zero-order chi connectivity index (χ0) is 24.1. The smallest absolute Gasteiger partial charge is 0.326 e. The van der Waals surface area contributed by atoms with Gasteiger partial charge in [0.15, 0.2) is 11.1 Å². The molecule has 5 N–H and O–H groups in total. The van der Waals surface area contributed by atoms with Crippen LogP contribution < -0.4 is 27.0 Å². The van der Waals surface area contributed by atoms with Gasteiger partial charge in [0.1, 0.15) is 11.5 Å². The number of imidazole rings is 1. The van der Waals surface area contributed by atoms with E-state index in [1.807, 2.05) is 6.07 Å². The maximum Gasteiger partial charge on any atom is 0.326 e. The number of carbonyl (C=O) groups excluding carboxylic acids is 1. The van der Waals surface area contributed by atoms with Crippen molar-refractivity contribution in [2.24, 2.45) is 16.8 Å². The molecule has 2 atom stereocenters. The number of hydrogen-bond donors (Lipinski definition) is 5. The second-order valence-electron chi connectivity index (χ2n) is 10.2. The zero-order valence-corrected chi connectivity index (χ0v) is 19.6. The average molecular weight is 479 g/mol. The first-order valence-electron chi connectivity index (χ1n) is 12.5. The van der Waals surface area contributed by atoms with Gasteiger partial charge in [0.25, 0.3) is 0 Å².